The highest BCUT2D eigenvalue weighted by atomic mass is 19.1. The number of hydrogen-bond acceptors (Lipinski definition) is 4. The van der Waals surface area contributed by atoms with Crippen LogP contribution in [0.5, 0.6) is 5.88 Å². The van der Waals surface area contributed by atoms with Crippen molar-refractivity contribution in [2.45, 2.75) is 6.61 Å². The van der Waals surface area contributed by atoms with Crippen LogP contribution in [-0.4, -0.2) is 9.97 Å². The Morgan fingerprint density at radius 2 is 1.94 bits per heavy atom. The van der Waals surface area contributed by atoms with Crippen molar-refractivity contribution < 1.29 is 9.13 Å². The Hall–Kier alpha value is -2.17. The van der Waals surface area contributed by atoms with E-state index in [-0.39, 0.29) is 11.6 Å². The van der Waals surface area contributed by atoms with E-state index in [1.807, 2.05) is 30.3 Å². The summed E-state index contributed by atoms with van der Waals surface area (Å²) in [6.07, 6.45) is 1.08. The summed E-state index contributed by atoms with van der Waals surface area (Å²) in [6.45, 7) is 0.293. The van der Waals surface area contributed by atoms with Crippen LogP contribution in [0.15, 0.2) is 36.7 Å². The second kappa shape index (κ2) is 4.57. The van der Waals surface area contributed by atoms with Gasteiger partial charge in [0.05, 0.1) is 0 Å². The molecule has 0 aliphatic rings. The molecule has 2 aromatic rings. The lowest BCUT2D eigenvalue weighted by Gasteiger charge is -2.07. The average molecular weight is 219 g/mol. The number of benzene rings is 1. The lowest BCUT2D eigenvalue weighted by Crippen LogP contribution is -2.03. The van der Waals surface area contributed by atoms with Crippen molar-refractivity contribution in [1.82, 2.24) is 9.97 Å². The van der Waals surface area contributed by atoms with Crippen LogP contribution in [0.2, 0.25) is 0 Å². The molecular weight excluding hydrogens is 209 g/mol. The van der Waals surface area contributed by atoms with E-state index in [1.54, 1.807) is 0 Å². The first-order valence-corrected chi connectivity index (χ1v) is 4.70. The van der Waals surface area contributed by atoms with Gasteiger partial charge in [-0.1, -0.05) is 30.3 Å². The van der Waals surface area contributed by atoms with E-state index >= 15 is 0 Å². The van der Waals surface area contributed by atoms with Crippen LogP contribution in [0.3, 0.4) is 0 Å². The summed E-state index contributed by atoms with van der Waals surface area (Å²) in [5, 5.41) is 0. The van der Waals surface area contributed by atoms with Crippen molar-refractivity contribution in [1.29, 1.82) is 0 Å². The van der Waals surface area contributed by atoms with E-state index in [0.29, 0.717) is 6.61 Å². The van der Waals surface area contributed by atoms with Gasteiger partial charge in [0.1, 0.15) is 12.9 Å². The molecule has 0 aliphatic carbocycles. The molecule has 0 unspecified atom stereocenters. The van der Waals surface area contributed by atoms with E-state index in [4.69, 9.17) is 10.5 Å². The fourth-order valence-corrected chi connectivity index (χ4v) is 1.20. The molecule has 1 heterocycles. The molecule has 0 saturated heterocycles. The van der Waals surface area contributed by atoms with Crippen LogP contribution in [0, 0.1) is 5.95 Å². The van der Waals surface area contributed by atoms with Crippen molar-refractivity contribution in [3.8, 4) is 5.88 Å². The third-order valence-electron chi connectivity index (χ3n) is 2.02. The van der Waals surface area contributed by atoms with Gasteiger partial charge in [0.25, 0.3) is 0 Å². The number of nitrogen functional groups attached to an aromatic ring is 1. The molecule has 0 amide bonds. The minimum absolute atomic E-state index is 0.0661. The molecule has 82 valence electrons. The monoisotopic (exact) mass is 219 g/mol. The van der Waals surface area contributed by atoms with Crippen molar-refractivity contribution in [3.05, 3.63) is 48.2 Å². The Labute approximate surface area is 91.9 Å². The Morgan fingerprint density at radius 3 is 2.69 bits per heavy atom. The summed E-state index contributed by atoms with van der Waals surface area (Å²) in [5.41, 5.74) is 6.21. The number of hydrogen-bond donors (Lipinski definition) is 1. The van der Waals surface area contributed by atoms with E-state index in [2.05, 4.69) is 9.97 Å². The largest absolute Gasteiger partial charge is 0.471 e. The SMILES string of the molecule is Nc1c(F)ncnc1OCc1ccccc1. The van der Waals surface area contributed by atoms with Gasteiger partial charge in [-0.2, -0.15) is 9.37 Å². The summed E-state index contributed by atoms with van der Waals surface area (Å²) < 4.78 is 18.2. The number of anilines is 1. The van der Waals surface area contributed by atoms with Gasteiger partial charge in [-0.05, 0) is 5.56 Å². The van der Waals surface area contributed by atoms with Crippen LogP contribution in [-0.2, 0) is 6.61 Å². The average Bonchev–Trinajstić information content (AvgIpc) is 2.32. The molecule has 0 fully saturated rings. The smallest absolute Gasteiger partial charge is 0.243 e. The predicted molar refractivity (Wildman–Crippen MR) is 57.2 cm³/mol. The van der Waals surface area contributed by atoms with Crippen LogP contribution in [0.1, 0.15) is 5.56 Å². The van der Waals surface area contributed by atoms with Gasteiger partial charge in [0.15, 0.2) is 5.69 Å². The fraction of sp³-hybridized carbons (Fsp3) is 0.0909. The second-order valence-electron chi connectivity index (χ2n) is 3.16. The Kier molecular flexibility index (Phi) is 2.95. The molecule has 0 spiro atoms. The van der Waals surface area contributed by atoms with E-state index < -0.39 is 5.95 Å². The first-order valence-electron chi connectivity index (χ1n) is 4.70. The quantitative estimate of drug-likeness (QED) is 0.799. The molecule has 2 N–H and O–H groups in total. The number of halogens is 1. The van der Waals surface area contributed by atoms with Crippen LogP contribution >= 0.6 is 0 Å². The number of nitrogens with zero attached hydrogens (tertiary/aromatic N) is 2. The topological polar surface area (TPSA) is 61.0 Å². The van der Waals surface area contributed by atoms with Crippen molar-refractivity contribution in [2.75, 3.05) is 5.73 Å². The molecule has 0 aliphatic heterocycles. The first-order chi connectivity index (χ1) is 7.77. The molecule has 5 heteroatoms. The minimum atomic E-state index is -0.766. The summed E-state index contributed by atoms with van der Waals surface area (Å²) >= 11 is 0. The maximum atomic E-state index is 12.9. The Bertz CT molecular complexity index is 476. The van der Waals surface area contributed by atoms with Crippen molar-refractivity contribution >= 4 is 5.69 Å². The standard InChI is InChI=1S/C11H10FN3O/c12-10-9(13)11(15-7-14-10)16-6-8-4-2-1-3-5-8/h1-5,7H,6,13H2. The highest BCUT2D eigenvalue weighted by Crippen LogP contribution is 2.19. The number of aromatic nitrogens is 2. The maximum Gasteiger partial charge on any atom is 0.243 e. The molecule has 1 aromatic carbocycles. The second-order valence-corrected chi connectivity index (χ2v) is 3.16. The molecule has 1 aromatic heterocycles. The molecule has 16 heavy (non-hydrogen) atoms. The third-order valence-corrected chi connectivity index (χ3v) is 2.02. The maximum absolute atomic E-state index is 12.9. The fourth-order valence-electron chi connectivity index (χ4n) is 1.20. The first kappa shape index (κ1) is 10.4. The zero-order valence-corrected chi connectivity index (χ0v) is 8.43. The Balaban J connectivity index is 2.08. The zero-order chi connectivity index (χ0) is 11.4. The predicted octanol–water partition coefficient (Wildman–Crippen LogP) is 1.78. The summed E-state index contributed by atoms with van der Waals surface area (Å²) in [5.74, 6) is -0.700. The highest BCUT2D eigenvalue weighted by molar-refractivity contribution is 5.46. The lowest BCUT2D eigenvalue weighted by atomic mass is 10.2. The van der Waals surface area contributed by atoms with E-state index in [1.165, 1.54) is 0 Å². The molecule has 0 radical (unpaired) electrons. The summed E-state index contributed by atoms with van der Waals surface area (Å²) in [4.78, 5) is 7.07. The summed E-state index contributed by atoms with van der Waals surface area (Å²) in [7, 11) is 0. The van der Waals surface area contributed by atoms with Gasteiger partial charge in [0, 0.05) is 0 Å². The van der Waals surface area contributed by atoms with Gasteiger partial charge in [0.2, 0.25) is 11.8 Å². The number of nitrogens with two attached hydrogens (primary N) is 1. The molecule has 0 bridgehead atoms. The lowest BCUT2D eigenvalue weighted by molar-refractivity contribution is 0.293. The van der Waals surface area contributed by atoms with Crippen LogP contribution in [0.4, 0.5) is 10.1 Å². The molecular formula is C11H10FN3O. The molecule has 0 atom stereocenters. The normalized spacial score (nSPS) is 10.1. The van der Waals surface area contributed by atoms with E-state index in [0.717, 1.165) is 11.9 Å². The van der Waals surface area contributed by atoms with Gasteiger partial charge in [-0.3, -0.25) is 0 Å². The highest BCUT2D eigenvalue weighted by Gasteiger charge is 2.08. The van der Waals surface area contributed by atoms with Crippen molar-refractivity contribution in [3.63, 3.8) is 0 Å². The van der Waals surface area contributed by atoms with E-state index in [9.17, 15) is 4.39 Å². The third kappa shape index (κ3) is 2.25. The van der Waals surface area contributed by atoms with Gasteiger partial charge in [-0.15, -0.1) is 0 Å². The van der Waals surface area contributed by atoms with Crippen molar-refractivity contribution in [2.24, 2.45) is 0 Å². The molecule has 0 saturated carbocycles. The van der Waals surface area contributed by atoms with Gasteiger partial charge < -0.3 is 10.5 Å². The molecule has 4 nitrogen and oxygen atoms in total. The van der Waals surface area contributed by atoms with Crippen LogP contribution < -0.4 is 10.5 Å². The Morgan fingerprint density at radius 1 is 1.19 bits per heavy atom. The van der Waals surface area contributed by atoms with Gasteiger partial charge >= 0.3 is 0 Å². The zero-order valence-electron chi connectivity index (χ0n) is 8.43. The van der Waals surface area contributed by atoms with Crippen LogP contribution in [0.25, 0.3) is 0 Å². The molecule has 2 rings (SSSR count). The summed E-state index contributed by atoms with van der Waals surface area (Å²) in [6, 6.07) is 9.48. The number of ether oxygens (including phenoxy) is 1. The number of rotatable bonds is 3. The minimum Gasteiger partial charge on any atom is -0.471 e. The van der Waals surface area contributed by atoms with Gasteiger partial charge in [-0.25, -0.2) is 4.98 Å².